The summed E-state index contributed by atoms with van der Waals surface area (Å²) in [6.45, 7) is 5.84. The molecule has 0 radical (unpaired) electrons. The van der Waals surface area contributed by atoms with Crippen LogP contribution in [0.25, 0.3) is 0 Å². The molecule has 0 spiro atoms. The Kier molecular flexibility index (Phi) is 3.77. The van der Waals surface area contributed by atoms with E-state index >= 15 is 0 Å². The summed E-state index contributed by atoms with van der Waals surface area (Å²) >= 11 is 0. The number of hydrogen-bond donors (Lipinski definition) is 0. The first kappa shape index (κ1) is 15.5. The van der Waals surface area contributed by atoms with Gasteiger partial charge in [0.15, 0.2) is 0 Å². The molecular weight excluding hydrogens is 300 g/mol. The van der Waals surface area contributed by atoms with E-state index in [1.165, 1.54) is 10.6 Å². The van der Waals surface area contributed by atoms with E-state index in [1.54, 1.807) is 4.90 Å². The first-order valence-electron chi connectivity index (χ1n) is 7.60. The first-order chi connectivity index (χ1) is 10.3. The number of hydrogen-bond acceptors (Lipinski definition) is 3. The van der Waals surface area contributed by atoms with Crippen LogP contribution >= 0.6 is 0 Å². The Labute approximate surface area is 132 Å². The fraction of sp³-hybridized carbons (Fsp3) is 0.562. The lowest BCUT2D eigenvalue weighted by atomic mass is 9.84. The Morgan fingerprint density at radius 1 is 1.18 bits per heavy atom. The quantitative estimate of drug-likeness (QED) is 0.827. The number of benzene rings is 1. The number of nitrogens with zero attached hydrogens (tertiary/aromatic N) is 2. The highest BCUT2D eigenvalue weighted by molar-refractivity contribution is 7.88. The van der Waals surface area contributed by atoms with E-state index in [0.29, 0.717) is 31.1 Å². The molecule has 0 aliphatic carbocycles. The van der Waals surface area contributed by atoms with Crippen LogP contribution in [0, 0.1) is 19.8 Å². The number of fused-ring (bicyclic) bond motifs is 1. The smallest absolute Gasteiger partial charge is 0.253 e. The maximum absolute atomic E-state index is 12.7. The van der Waals surface area contributed by atoms with Gasteiger partial charge < -0.3 is 4.90 Å². The summed E-state index contributed by atoms with van der Waals surface area (Å²) in [6, 6.07) is 5.69. The van der Waals surface area contributed by atoms with E-state index in [1.807, 2.05) is 32.0 Å². The van der Waals surface area contributed by atoms with Crippen molar-refractivity contribution in [3.05, 3.63) is 34.9 Å². The molecule has 6 heteroatoms. The van der Waals surface area contributed by atoms with Gasteiger partial charge in [-0.05, 0) is 49.4 Å². The van der Waals surface area contributed by atoms with Gasteiger partial charge in [-0.2, -0.15) is 4.31 Å². The molecule has 2 heterocycles. The van der Waals surface area contributed by atoms with Crippen LogP contribution in [-0.4, -0.2) is 55.5 Å². The van der Waals surface area contributed by atoms with Gasteiger partial charge in [0.1, 0.15) is 0 Å². The number of rotatable bonds is 2. The molecule has 1 aromatic rings. The predicted molar refractivity (Wildman–Crippen MR) is 85.3 cm³/mol. The predicted octanol–water partition coefficient (Wildman–Crippen LogP) is 1.41. The number of amides is 1. The molecule has 1 amide bonds. The fourth-order valence-electron chi connectivity index (χ4n) is 3.37. The molecule has 0 aromatic heterocycles. The molecule has 3 rings (SSSR count). The van der Waals surface area contributed by atoms with Crippen LogP contribution in [0.2, 0.25) is 0 Å². The largest absolute Gasteiger partial charge is 0.337 e. The standard InChI is InChI=1S/C16H22N2O3S/c1-11-4-5-13(8-12(11)2)16(19)17-7-6-14-9-18(15(14)10-17)22(3,20)21/h4-5,8,14-15H,6-7,9-10H2,1-3H3/t14-,15-/m1/s1. The minimum Gasteiger partial charge on any atom is -0.337 e. The van der Waals surface area contributed by atoms with Crippen LogP contribution < -0.4 is 0 Å². The molecule has 5 nitrogen and oxygen atoms in total. The molecule has 0 bridgehead atoms. The van der Waals surface area contributed by atoms with Crippen molar-refractivity contribution in [3.8, 4) is 0 Å². The molecule has 2 saturated heterocycles. The lowest BCUT2D eigenvalue weighted by molar-refractivity contribution is 0.0141. The minimum atomic E-state index is -3.17. The molecular formula is C16H22N2O3S. The molecule has 2 aliphatic rings. The molecule has 0 N–H and O–H groups in total. The van der Waals surface area contributed by atoms with Crippen LogP contribution in [0.1, 0.15) is 27.9 Å². The van der Waals surface area contributed by atoms with E-state index in [0.717, 1.165) is 17.5 Å². The summed E-state index contributed by atoms with van der Waals surface area (Å²) in [5, 5.41) is 0. The second-order valence-electron chi connectivity index (χ2n) is 6.50. The van der Waals surface area contributed by atoms with Crippen molar-refractivity contribution in [1.82, 2.24) is 9.21 Å². The Morgan fingerprint density at radius 3 is 2.55 bits per heavy atom. The lowest BCUT2D eigenvalue weighted by Gasteiger charge is -2.51. The molecule has 2 fully saturated rings. The summed E-state index contributed by atoms with van der Waals surface area (Å²) in [4.78, 5) is 14.4. The highest BCUT2D eigenvalue weighted by Gasteiger charge is 2.47. The zero-order valence-electron chi connectivity index (χ0n) is 13.2. The molecule has 0 saturated carbocycles. The highest BCUT2D eigenvalue weighted by Crippen LogP contribution is 2.34. The second kappa shape index (κ2) is 5.35. The zero-order valence-corrected chi connectivity index (χ0v) is 14.1. The van der Waals surface area contributed by atoms with Crippen molar-refractivity contribution in [2.45, 2.75) is 26.3 Å². The summed E-state index contributed by atoms with van der Waals surface area (Å²) in [5.74, 6) is 0.403. The third-order valence-electron chi connectivity index (χ3n) is 4.97. The monoisotopic (exact) mass is 322 g/mol. The average molecular weight is 322 g/mol. The van der Waals surface area contributed by atoms with Crippen LogP contribution in [0.15, 0.2) is 18.2 Å². The maximum atomic E-state index is 12.7. The van der Waals surface area contributed by atoms with Gasteiger partial charge in [0, 0.05) is 31.2 Å². The summed E-state index contributed by atoms with van der Waals surface area (Å²) in [6.07, 6.45) is 2.13. The van der Waals surface area contributed by atoms with Gasteiger partial charge in [0.25, 0.3) is 5.91 Å². The van der Waals surface area contributed by atoms with Gasteiger partial charge in [0.05, 0.1) is 6.26 Å². The van der Waals surface area contributed by atoms with Crippen LogP contribution in [-0.2, 0) is 10.0 Å². The summed E-state index contributed by atoms with van der Waals surface area (Å²) < 4.78 is 25.0. The SMILES string of the molecule is Cc1ccc(C(=O)N2CC[C@@H]3CN(S(C)(=O)=O)[C@@H]3C2)cc1C. The van der Waals surface area contributed by atoms with Crippen LogP contribution in [0.5, 0.6) is 0 Å². The van der Waals surface area contributed by atoms with E-state index in [4.69, 9.17) is 0 Å². The van der Waals surface area contributed by atoms with Gasteiger partial charge in [-0.3, -0.25) is 4.79 Å². The molecule has 120 valence electrons. The van der Waals surface area contributed by atoms with Gasteiger partial charge in [-0.15, -0.1) is 0 Å². The van der Waals surface area contributed by atoms with Crippen LogP contribution in [0.3, 0.4) is 0 Å². The first-order valence-corrected chi connectivity index (χ1v) is 9.45. The lowest BCUT2D eigenvalue weighted by Crippen LogP contribution is -2.65. The van der Waals surface area contributed by atoms with E-state index in [9.17, 15) is 13.2 Å². The van der Waals surface area contributed by atoms with Crippen molar-refractivity contribution in [3.63, 3.8) is 0 Å². The molecule has 2 aliphatic heterocycles. The Hall–Kier alpha value is -1.40. The van der Waals surface area contributed by atoms with Gasteiger partial charge in [0.2, 0.25) is 10.0 Å². The number of sulfonamides is 1. The summed E-state index contributed by atoms with van der Waals surface area (Å²) in [7, 11) is -3.17. The van der Waals surface area contributed by atoms with Gasteiger partial charge >= 0.3 is 0 Å². The Balaban J connectivity index is 1.75. The molecule has 0 unspecified atom stereocenters. The number of carbonyl (C=O) groups is 1. The number of carbonyl (C=O) groups excluding carboxylic acids is 1. The van der Waals surface area contributed by atoms with Crippen molar-refractivity contribution >= 4 is 15.9 Å². The second-order valence-corrected chi connectivity index (χ2v) is 8.43. The van der Waals surface area contributed by atoms with Crippen molar-refractivity contribution in [1.29, 1.82) is 0 Å². The topological polar surface area (TPSA) is 57.7 Å². The summed E-state index contributed by atoms with van der Waals surface area (Å²) in [5.41, 5.74) is 2.95. The van der Waals surface area contributed by atoms with Crippen molar-refractivity contribution in [2.75, 3.05) is 25.9 Å². The number of aryl methyl sites for hydroxylation is 2. The average Bonchev–Trinajstić information content (AvgIpc) is 2.41. The maximum Gasteiger partial charge on any atom is 0.253 e. The number of piperidine rings is 1. The molecule has 2 atom stereocenters. The molecule has 22 heavy (non-hydrogen) atoms. The highest BCUT2D eigenvalue weighted by atomic mass is 32.2. The van der Waals surface area contributed by atoms with E-state index < -0.39 is 10.0 Å². The Morgan fingerprint density at radius 2 is 1.91 bits per heavy atom. The van der Waals surface area contributed by atoms with Crippen molar-refractivity contribution in [2.24, 2.45) is 5.92 Å². The number of likely N-dealkylation sites (tertiary alicyclic amines) is 1. The zero-order chi connectivity index (χ0) is 16.1. The molecule has 1 aromatic carbocycles. The van der Waals surface area contributed by atoms with Crippen molar-refractivity contribution < 1.29 is 13.2 Å². The third-order valence-corrected chi connectivity index (χ3v) is 6.24. The Bertz CT molecular complexity index is 714. The van der Waals surface area contributed by atoms with E-state index in [2.05, 4.69) is 0 Å². The third kappa shape index (κ3) is 2.65. The van der Waals surface area contributed by atoms with E-state index in [-0.39, 0.29) is 11.9 Å². The normalized spacial score (nSPS) is 25.5. The van der Waals surface area contributed by atoms with Gasteiger partial charge in [-0.1, -0.05) is 6.07 Å². The van der Waals surface area contributed by atoms with Gasteiger partial charge in [-0.25, -0.2) is 8.42 Å². The fourth-order valence-corrected chi connectivity index (χ4v) is 4.56. The van der Waals surface area contributed by atoms with Crippen LogP contribution in [0.4, 0.5) is 0 Å². The minimum absolute atomic E-state index is 0.00176.